The monoisotopic (exact) mass is 774 g/mol. The predicted octanol–water partition coefficient (Wildman–Crippen LogP) is 1.42. The van der Waals surface area contributed by atoms with Crippen LogP contribution in [0.25, 0.3) is 0 Å². The molecule has 2 aliphatic heterocycles. The van der Waals surface area contributed by atoms with Crippen molar-refractivity contribution in [3.63, 3.8) is 0 Å². The molecule has 3 aromatic carbocycles. The quantitative estimate of drug-likeness (QED) is 0.167. The molecule has 6 N–H and O–H groups in total. The third-order valence-corrected chi connectivity index (χ3v) is 9.56. The number of hydrogen-bond donors (Lipinski definition) is 5. The molecule has 16 nitrogen and oxygen atoms in total. The summed E-state index contributed by atoms with van der Waals surface area (Å²) in [6.07, 6.45) is -0.0522. The van der Waals surface area contributed by atoms with Crippen molar-refractivity contribution in [3.8, 4) is 23.0 Å². The van der Waals surface area contributed by atoms with Crippen LogP contribution in [-0.2, 0) is 48.0 Å². The molecule has 56 heavy (non-hydrogen) atoms. The highest BCUT2D eigenvalue weighted by Crippen LogP contribution is 2.33. The van der Waals surface area contributed by atoms with Gasteiger partial charge in [-0.15, -0.1) is 0 Å². The lowest BCUT2D eigenvalue weighted by atomic mass is 10.0. The third-order valence-electron chi connectivity index (χ3n) is 9.56. The summed E-state index contributed by atoms with van der Waals surface area (Å²) in [5.74, 6) is -2.59. The Bertz CT molecular complexity index is 1900. The molecule has 0 aromatic heterocycles. The number of nitrogens with zero attached hydrogens (tertiary/aromatic N) is 2. The Hall–Kier alpha value is -6.16. The summed E-state index contributed by atoms with van der Waals surface area (Å²) in [6.45, 7) is 4.40. The zero-order valence-corrected chi connectivity index (χ0v) is 32.5. The highest BCUT2D eigenvalue weighted by molar-refractivity contribution is 5.96. The molecule has 3 aromatic rings. The molecular weight excluding hydrogens is 724 g/mol. The predicted molar refractivity (Wildman–Crippen MR) is 205 cm³/mol. The Labute approximate surface area is 325 Å². The number of carboxylic acid groups (broad SMARTS) is 1. The van der Waals surface area contributed by atoms with Crippen molar-refractivity contribution in [2.75, 3.05) is 28.3 Å². The normalized spacial score (nSPS) is 17.3. The number of fused-ring (bicyclic) bond motifs is 7. The second-order valence-corrected chi connectivity index (χ2v) is 13.8. The van der Waals surface area contributed by atoms with Gasteiger partial charge in [-0.1, -0.05) is 30.3 Å². The average molecular weight is 775 g/mol. The summed E-state index contributed by atoms with van der Waals surface area (Å²) in [6, 6.07) is 11.9. The maximum atomic E-state index is 14.0. The second kappa shape index (κ2) is 18.9. The maximum absolute atomic E-state index is 14.0. The molecule has 16 heteroatoms. The van der Waals surface area contributed by atoms with Crippen LogP contribution in [0.15, 0.2) is 66.7 Å². The van der Waals surface area contributed by atoms with Gasteiger partial charge < -0.3 is 50.8 Å². The van der Waals surface area contributed by atoms with E-state index in [1.54, 1.807) is 66.7 Å². The second-order valence-electron chi connectivity index (χ2n) is 13.8. The van der Waals surface area contributed by atoms with Crippen LogP contribution in [0.2, 0.25) is 0 Å². The van der Waals surface area contributed by atoms with E-state index in [2.05, 4.69) is 16.0 Å². The van der Waals surface area contributed by atoms with E-state index in [9.17, 15) is 33.9 Å². The lowest BCUT2D eigenvalue weighted by Gasteiger charge is -2.33. The highest BCUT2D eigenvalue weighted by atomic mass is 16.5. The van der Waals surface area contributed by atoms with Crippen LogP contribution in [0, 0.1) is 0 Å². The van der Waals surface area contributed by atoms with Gasteiger partial charge in [0, 0.05) is 33.4 Å². The van der Waals surface area contributed by atoms with Gasteiger partial charge in [0.05, 0.1) is 20.3 Å². The zero-order chi connectivity index (χ0) is 41.3. The van der Waals surface area contributed by atoms with Crippen molar-refractivity contribution in [1.29, 1.82) is 0 Å². The Kier molecular flexibility index (Phi) is 14.4. The number of likely N-dealkylation sites (N-methyl/N-ethyl adjacent to an activating group) is 2. The van der Waals surface area contributed by atoms with Crippen molar-refractivity contribution in [2.45, 2.75) is 76.3 Å². The minimum absolute atomic E-state index is 0.00165. The zero-order valence-electron chi connectivity index (χ0n) is 32.5. The number of rotatable bonds is 13. The number of amides is 5. The van der Waals surface area contributed by atoms with Crippen LogP contribution in [0.4, 0.5) is 0 Å². The fourth-order valence-electron chi connectivity index (χ4n) is 6.17. The van der Waals surface area contributed by atoms with E-state index in [0.29, 0.717) is 39.7 Å². The fraction of sp³-hybridized carbons (Fsp3) is 0.400. The van der Waals surface area contributed by atoms with E-state index in [1.807, 2.05) is 0 Å². The number of carbonyl (C=O) groups is 6. The number of nitrogens with two attached hydrogens (primary N) is 1. The number of methoxy groups -OCH3 is 2. The molecule has 4 bridgehead atoms. The third kappa shape index (κ3) is 10.7. The first-order valence-electron chi connectivity index (χ1n) is 18.0. The molecule has 0 spiro atoms. The Morgan fingerprint density at radius 1 is 0.857 bits per heavy atom. The van der Waals surface area contributed by atoms with Gasteiger partial charge in [0.15, 0.2) is 11.5 Å². The van der Waals surface area contributed by atoms with Crippen LogP contribution in [-0.4, -0.2) is 115 Å². The van der Waals surface area contributed by atoms with Crippen molar-refractivity contribution < 1.29 is 48.1 Å². The number of hydrogen-bond acceptors (Lipinski definition) is 10. The average Bonchev–Trinajstić information content (AvgIpc) is 3.17. The van der Waals surface area contributed by atoms with Crippen molar-refractivity contribution in [2.24, 2.45) is 5.73 Å². The van der Waals surface area contributed by atoms with Gasteiger partial charge >= 0.3 is 5.97 Å². The van der Waals surface area contributed by atoms with Crippen LogP contribution in [0.1, 0.15) is 37.5 Å². The first-order valence-corrected chi connectivity index (χ1v) is 18.0. The van der Waals surface area contributed by atoms with Crippen molar-refractivity contribution in [1.82, 2.24) is 25.8 Å². The van der Waals surface area contributed by atoms with E-state index < -0.39 is 71.8 Å². The van der Waals surface area contributed by atoms with Gasteiger partial charge in [0.1, 0.15) is 41.7 Å². The van der Waals surface area contributed by atoms with Crippen LogP contribution in [0.5, 0.6) is 23.0 Å². The molecule has 0 unspecified atom stereocenters. The SMILES string of the molecule is COc1ccc(C[C@@H](C(=O)N[C@@H](C)C(=O)N(C)[C@H]2Cc3ccc(cc3)Oc3cc(ccc3OC)C[C@@H](C(=O)O)NC2=O)N(C)C(=O)[C@H](C)NC(=O)[C@@H](C)N)cc1. The molecular formula is C40H50N6O10. The molecule has 0 fully saturated rings. The molecule has 2 aliphatic rings. The molecule has 300 valence electrons. The molecule has 5 amide bonds. The number of benzene rings is 3. The first-order chi connectivity index (χ1) is 26.5. The molecule has 2 heterocycles. The minimum atomic E-state index is -1.36. The van der Waals surface area contributed by atoms with E-state index >= 15 is 0 Å². The number of ether oxygens (including phenoxy) is 3. The highest BCUT2D eigenvalue weighted by Gasteiger charge is 2.36. The number of nitrogens with one attached hydrogen (secondary N) is 3. The molecule has 0 saturated carbocycles. The molecule has 0 aliphatic carbocycles. The van der Waals surface area contributed by atoms with E-state index in [-0.39, 0.29) is 19.3 Å². The molecule has 6 atom stereocenters. The summed E-state index contributed by atoms with van der Waals surface area (Å²) >= 11 is 0. The van der Waals surface area contributed by atoms with Crippen molar-refractivity contribution in [3.05, 3.63) is 83.4 Å². The topological polar surface area (TPSA) is 219 Å². The van der Waals surface area contributed by atoms with Gasteiger partial charge in [0.25, 0.3) is 0 Å². The maximum Gasteiger partial charge on any atom is 0.326 e. The molecule has 5 rings (SSSR count). The van der Waals surface area contributed by atoms with Gasteiger partial charge in [-0.05, 0) is 73.9 Å². The van der Waals surface area contributed by atoms with Gasteiger partial charge in [-0.3, -0.25) is 24.0 Å². The summed E-state index contributed by atoms with van der Waals surface area (Å²) in [4.78, 5) is 82.5. The Morgan fingerprint density at radius 2 is 1.46 bits per heavy atom. The lowest BCUT2D eigenvalue weighted by Crippen LogP contribution is -2.59. The minimum Gasteiger partial charge on any atom is -0.497 e. The largest absolute Gasteiger partial charge is 0.497 e. The van der Waals surface area contributed by atoms with Crippen LogP contribution < -0.4 is 35.9 Å². The molecule has 0 saturated heterocycles. The smallest absolute Gasteiger partial charge is 0.326 e. The number of carboxylic acids is 1. The standard InChI is InChI=1S/C40H50N6O10/c1-22(41)35(47)42-23(2)38(50)45(4)31(19-25-8-13-28(54-6)14-9-25)36(48)43-24(3)39(51)46(5)32-20-26-10-15-29(16-11-26)56-34-21-27(12-17-33(34)55-7)18-30(40(52)53)44-37(32)49/h8-17,21-24,30-32H,18-20,41H2,1-7H3,(H,42,47)(H,43,48)(H,44,49)(H,52,53)/t22-,23+,24+,30+,31+,32+/m1/s1. The van der Waals surface area contributed by atoms with E-state index in [1.165, 1.54) is 58.9 Å². The summed E-state index contributed by atoms with van der Waals surface area (Å²) < 4.78 is 16.7. The van der Waals surface area contributed by atoms with Gasteiger partial charge in [-0.25, -0.2) is 4.79 Å². The van der Waals surface area contributed by atoms with Gasteiger partial charge in [-0.2, -0.15) is 0 Å². The lowest BCUT2D eigenvalue weighted by molar-refractivity contribution is -0.146. The number of carbonyl (C=O) groups excluding carboxylic acids is 5. The Morgan fingerprint density at radius 3 is 2.05 bits per heavy atom. The van der Waals surface area contributed by atoms with Gasteiger partial charge in [0.2, 0.25) is 29.5 Å². The Balaban J connectivity index is 1.59. The summed E-state index contributed by atoms with van der Waals surface area (Å²) in [5, 5.41) is 17.9. The first kappa shape index (κ1) is 42.6. The number of aliphatic carboxylic acids is 1. The van der Waals surface area contributed by atoms with Crippen LogP contribution >= 0.6 is 0 Å². The van der Waals surface area contributed by atoms with E-state index in [0.717, 1.165) is 0 Å². The summed E-state index contributed by atoms with van der Waals surface area (Å²) in [5.41, 5.74) is 7.54. The van der Waals surface area contributed by atoms with E-state index in [4.69, 9.17) is 19.9 Å². The molecule has 0 radical (unpaired) electrons. The fourth-order valence-corrected chi connectivity index (χ4v) is 6.17. The summed E-state index contributed by atoms with van der Waals surface area (Å²) in [7, 11) is 5.83. The van der Waals surface area contributed by atoms with Crippen LogP contribution in [0.3, 0.4) is 0 Å². The van der Waals surface area contributed by atoms with Crippen molar-refractivity contribution >= 4 is 35.5 Å².